The van der Waals surface area contributed by atoms with Crippen LogP contribution >= 0.6 is 11.6 Å². The summed E-state index contributed by atoms with van der Waals surface area (Å²) in [6.07, 6.45) is 0. The van der Waals surface area contributed by atoms with E-state index < -0.39 is 0 Å². The van der Waals surface area contributed by atoms with Gasteiger partial charge in [0, 0.05) is 24.2 Å². The van der Waals surface area contributed by atoms with Gasteiger partial charge in [-0.15, -0.1) is 10.2 Å². The first-order chi connectivity index (χ1) is 10.1. The molecule has 1 aromatic heterocycles. The van der Waals surface area contributed by atoms with Gasteiger partial charge in [0.1, 0.15) is 11.6 Å². The normalized spacial score (nSPS) is 10.0. The topological polar surface area (TPSA) is 76.1 Å². The maximum atomic E-state index is 11.4. The van der Waals surface area contributed by atoms with Crippen LogP contribution in [-0.2, 0) is 6.54 Å². The first-order valence-corrected chi connectivity index (χ1v) is 6.64. The number of rotatable bonds is 5. The van der Waals surface area contributed by atoms with E-state index in [9.17, 15) is 4.79 Å². The van der Waals surface area contributed by atoms with Crippen LogP contribution in [0, 0.1) is 0 Å². The highest BCUT2D eigenvalue weighted by Gasteiger charge is 2.07. The Morgan fingerprint density at radius 3 is 2.71 bits per heavy atom. The first-order valence-electron chi connectivity index (χ1n) is 6.26. The van der Waals surface area contributed by atoms with Gasteiger partial charge in [-0.3, -0.25) is 4.79 Å². The molecule has 6 nitrogen and oxygen atoms in total. The van der Waals surface area contributed by atoms with E-state index in [2.05, 4.69) is 20.8 Å². The average molecular weight is 307 g/mol. The second-order valence-electron chi connectivity index (χ2n) is 4.19. The van der Waals surface area contributed by atoms with E-state index in [1.54, 1.807) is 38.4 Å². The quantitative estimate of drug-likeness (QED) is 0.885. The van der Waals surface area contributed by atoms with Gasteiger partial charge in [-0.25, -0.2) is 0 Å². The van der Waals surface area contributed by atoms with Crippen molar-refractivity contribution in [3.63, 3.8) is 0 Å². The van der Waals surface area contributed by atoms with Crippen molar-refractivity contribution < 1.29 is 9.53 Å². The number of anilines is 1. The summed E-state index contributed by atoms with van der Waals surface area (Å²) in [5.74, 6) is 0.998. The molecule has 21 heavy (non-hydrogen) atoms. The maximum Gasteiger partial charge on any atom is 0.271 e. The number of halogens is 1. The highest BCUT2D eigenvalue weighted by molar-refractivity contribution is 6.30. The molecule has 2 rings (SSSR count). The highest BCUT2D eigenvalue weighted by Crippen LogP contribution is 2.23. The number of nitrogens with zero attached hydrogens (tertiary/aromatic N) is 2. The molecule has 2 N–H and O–H groups in total. The Bertz CT molecular complexity index is 631. The third-order valence-corrected chi connectivity index (χ3v) is 3.07. The van der Waals surface area contributed by atoms with Crippen LogP contribution in [0.3, 0.4) is 0 Å². The number of nitrogens with one attached hydrogen (secondary N) is 2. The number of aromatic nitrogens is 2. The van der Waals surface area contributed by atoms with Crippen LogP contribution in [0.5, 0.6) is 5.75 Å². The Morgan fingerprint density at radius 2 is 2.10 bits per heavy atom. The molecule has 0 saturated carbocycles. The number of carbonyl (C=O) groups is 1. The monoisotopic (exact) mass is 306 g/mol. The van der Waals surface area contributed by atoms with Crippen LogP contribution in [0.25, 0.3) is 0 Å². The minimum absolute atomic E-state index is 0.270. The van der Waals surface area contributed by atoms with E-state index in [0.717, 1.165) is 5.56 Å². The van der Waals surface area contributed by atoms with Crippen LogP contribution in [0.1, 0.15) is 16.1 Å². The van der Waals surface area contributed by atoms with Gasteiger partial charge in [-0.05, 0) is 24.3 Å². The summed E-state index contributed by atoms with van der Waals surface area (Å²) in [5, 5.41) is 14.0. The lowest BCUT2D eigenvalue weighted by molar-refractivity contribution is 0.0957. The number of methoxy groups -OCH3 is 1. The summed E-state index contributed by atoms with van der Waals surface area (Å²) in [7, 11) is 3.14. The summed E-state index contributed by atoms with van der Waals surface area (Å²) in [5.41, 5.74) is 1.21. The third kappa shape index (κ3) is 3.82. The van der Waals surface area contributed by atoms with Gasteiger partial charge in [-0.2, -0.15) is 0 Å². The lowest BCUT2D eigenvalue weighted by atomic mass is 10.2. The molecular weight excluding hydrogens is 292 g/mol. The molecule has 1 amide bonds. The summed E-state index contributed by atoms with van der Waals surface area (Å²) in [6.45, 7) is 0.508. The van der Waals surface area contributed by atoms with E-state index in [0.29, 0.717) is 23.1 Å². The SMILES string of the molecule is CNC(=O)c1ccc(NCc2ccc(Cl)cc2OC)nn1. The highest BCUT2D eigenvalue weighted by atomic mass is 35.5. The lowest BCUT2D eigenvalue weighted by Crippen LogP contribution is -2.19. The van der Waals surface area contributed by atoms with Crippen molar-refractivity contribution in [2.45, 2.75) is 6.54 Å². The molecular formula is C14H15ClN4O2. The maximum absolute atomic E-state index is 11.4. The molecule has 1 aromatic carbocycles. The lowest BCUT2D eigenvalue weighted by Gasteiger charge is -2.10. The predicted octanol–water partition coefficient (Wildman–Crippen LogP) is 2.11. The summed E-state index contributed by atoms with van der Waals surface area (Å²) in [6, 6.07) is 8.72. The van der Waals surface area contributed by atoms with Crippen molar-refractivity contribution in [1.82, 2.24) is 15.5 Å². The van der Waals surface area contributed by atoms with Gasteiger partial charge < -0.3 is 15.4 Å². The molecule has 0 bridgehead atoms. The Morgan fingerprint density at radius 1 is 1.29 bits per heavy atom. The van der Waals surface area contributed by atoms with Crippen molar-refractivity contribution in [2.75, 3.05) is 19.5 Å². The summed E-state index contributed by atoms with van der Waals surface area (Å²) < 4.78 is 5.27. The standard InChI is InChI=1S/C14H15ClN4O2/c1-16-14(20)11-5-6-13(19-18-11)17-8-9-3-4-10(15)7-12(9)21-2/h3-7H,8H2,1-2H3,(H,16,20)(H,17,19). The molecule has 1 heterocycles. The molecule has 0 atom stereocenters. The zero-order chi connectivity index (χ0) is 15.2. The first kappa shape index (κ1) is 15.1. The molecule has 0 spiro atoms. The van der Waals surface area contributed by atoms with Crippen molar-refractivity contribution in [3.8, 4) is 5.75 Å². The minimum Gasteiger partial charge on any atom is -0.496 e. The van der Waals surface area contributed by atoms with E-state index in [1.807, 2.05) is 6.07 Å². The number of benzene rings is 1. The van der Waals surface area contributed by atoms with Crippen molar-refractivity contribution >= 4 is 23.3 Å². The Labute approximate surface area is 127 Å². The summed E-state index contributed by atoms with van der Waals surface area (Å²) in [4.78, 5) is 11.4. The van der Waals surface area contributed by atoms with Crippen LogP contribution in [-0.4, -0.2) is 30.3 Å². The zero-order valence-corrected chi connectivity index (χ0v) is 12.4. The number of ether oxygens (including phenoxy) is 1. The largest absolute Gasteiger partial charge is 0.496 e. The Balaban J connectivity index is 2.05. The smallest absolute Gasteiger partial charge is 0.271 e. The number of hydrogen-bond acceptors (Lipinski definition) is 5. The van der Waals surface area contributed by atoms with Crippen LogP contribution in [0.15, 0.2) is 30.3 Å². The molecule has 0 radical (unpaired) electrons. The molecule has 0 aliphatic rings. The van der Waals surface area contributed by atoms with Crippen molar-refractivity contribution in [2.24, 2.45) is 0 Å². The molecule has 0 fully saturated rings. The number of hydrogen-bond donors (Lipinski definition) is 2. The van der Waals surface area contributed by atoms with Gasteiger partial charge in [0.2, 0.25) is 0 Å². The van der Waals surface area contributed by atoms with E-state index >= 15 is 0 Å². The summed E-state index contributed by atoms with van der Waals surface area (Å²) >= 11 is 5.91. The van der Waals surface area contributed by atoms with Gasteiger partial charge >= 0.3 is 0 Å². The fourth-order valence-corrected chi connectivity index (χ4v) is 1.89. The second-order valence-corrected chi connectivity index (χ2v) is 4.63. The zero-order valence-electron chi connectivity index (χ0n) is 11.7. The minimum atomic E-state index is -0.270. The average Bonchev–Trinajstić information content (AvgIpc) is 2.53. The fraction of sp³-hybridized carbons (Fsp3) is 0.214. The molecule has 0 saturated heterocycles. The molecule has 2 aromatic rings. The van der Waals surface area contributed by atoms with E-state index in [1.165, 1.54) is 0 Å². The number of amides is 1. The van der Waals surface area contributed by atoms with Gasteiger partial charge in [0.25, 0.3) is 5.91 Å². The Hall–Kier alpha value is -2.34. The Kier molecular flexibility index (Phi) is 4.94. The third-order valence-electron chi connectivity index (χ3n) is 2.83. The molecule has 7 heteroatoms. The second kappa shape index (κ2) is 6.90. The van der Waals surface area contributed by atoms with Crippen LogP contribution in [0.4, 0.5) is 5.82 Å². The predicted molar refractivity (Wildman–Crippen MR) is 80.8 cm³/mol. The molecule has 0 aliphatic heterocycles. The van der Waals surface area contributed by atoms with Crippen molar-refractivity contribution in [1.29, 1.82) is 0 Å². The molecule has 110 valence electrons. The van der Waals surface area contributed by atoms with Crippen LogP contribution < -0.4 is 15.4 Å². The van der Waals surface area contributed by atoms with Gasteiger partial charge in [0.05, 0.1) is 7.11 Å². The van der Waals surface area contributed by atoms with Crippen LogP contribution in [0.2, 0.25) is 5.02 Å². The molecule has 0 aliphatic carbocycles. The van der Waals surface area contributed by atoms with E-state index in [-0.39, 0.29) is 11.6 Å². The van der Waals surface area contributed by atoms with Crippen molar-refractivity contribution in [3.05, 3.63) is 46.6 Å². The van der Waals surface area contributed by atoms with Gasteiger partial charge in [-0.1, -0.05) is 17.7 Å². The fourth-order valence-electron chi connectivity index (χ4n) is 1.73. The number of carbonyl (C=O) groups excluding carboxylic acids is 1. The molecule has 0 unspecified atom stereocenters. The van der Waals surface area contributed by atoms with E-state index in [4.69, 9.17) is 16.3 Å². The van der Waals surface area contributed by atoms with Gasteiger partial charge in [0.15, 0.2) is 5.69 Å².